The molecule has 1 aromatic rings. The number of hydrogen-bond donors (Lipinski definition) is 0. The van der Waals surface area contributed by atoms with E-state index in [9.17, 15) is 0 Å². The monoisotopic (exact) mass is 262 g/mol. The fraction of sp³-hybridized carbons (Fsp3) is 0.444. The number of pyridine rings is 1. The highest BCUT2D eigenvalue weighted by Crippen LogP contribution is 2.14. The Balaban J connectivity index is 2.66. The highest BCUT2D eigenvalue weighted by molar-refractivity contribution is 9.09. The first-order chi connectivity index (χ1) is 6.09. The molecule has 0 radical (unpaired) electrons. The van der Waals surface area contributed by atoms with Gasteiger partial charge in [0.15, 0.2) is 0 Å². The van der Waals surface area contributed by atoms with Gasteiger partial charge in [0.05, 0.1) is 5.02 Å². The Bertz CT molecular complexity index is 261. The van der Waals surface area contributed by atoms with Crippen molar-refractivity contribution in [3.63, 3.8) is 0 Å². The number of hydrogen-bond acceptors (Lipinski definition) is 2. The van der Waals surface area contributed by atoms with Gasteiger partial charge in [0.2, 0.25) is 0 Å². The van der Waals surface area contributed by atoms with Crippen molar-refractivity contribution in [2.45, 2.75) is 11.8 Å². The second-order valence-corrected chi connectivity index (χ2v) is 5.00. The highest BCUT2D eigenvalue weighted by Gasteiger charge is 2.04. The molecular weight excluding hydrogens is 251 g/mol. The van der Waals surface area contributed by atoms with Crippen molar-refractivity contribution in [1.29, 1.82) is 0 Å². The van der Waals surface area contributed by atoms with E-state index >= 15 is 0 Å². The lowest BCUT2D eigenvalue weighted by Gasteiger charge is -2.19. The molecule has 0 fully saturated rings. The van der Waals surface area contributed by atoms with Gasteiger partial charge in [-0.25, -0.2) is 4.98 Å². The minimum absolute atomic E-state index is 0.454. The summed E-state index contributed by atoms with van der Waals surface area (Å²) in [5, 5.41) is 0.670. The van der Waals surface area contributed by atoms with Gasteiger partial charge in [-0.2, -0.15) is 0 Å². The van der Waals surface area contributed by atoms with Crippen LogP contribution in [0.3, 0.4) is 0 Å². The number of alkyl halides is 1. The van der Waals surface area contributed by atoms with Crippen LogP contribution < -0.4 is 4.90 Å². The molecule has 0 aliphatic carbocycles. The van der Waals surface area contributed by atoms with Crippen LogP contribution in [0.4, 0.5) is 5.82 Å². The van der Waals surface area contributed by atoms with Crippen LogP contribution in [0.25, 0.3) is 0 Å². The number of halogens is 2. The molecule has 0 aromatic carbocycles. The molecule has 1 aromatic heterocycles. The number of rotatable bonds is 3. The smallest absolute Gasteiger partial charge is 0.128 e. The summed E-state index contributed by atoms with van der Waals surface area (Å²) in [7, 11) is 2.01. The number of nitrogens with zero attached hydrogens (tertiary/aromatic N) is 2. The van der Waals surface area contributed by atoms with E-state index in [2.05, 4.69) is 32.7 Å². The Morgan fingerprint density at radius 3 is 2.77 bits per heavy atom. The molecule has 0 aliphatic heterocycles. The molecule has 4 heteroatoms. The van der Waals surface area contributed by atoms with Crippen molar-refractivity contribution in [3.8, 4) is 0 Å². The summed E-state index contributed by atoms with van der Waals surface area (Å²) in [4.78, 5) is 6.74. The summed E-state index contributed by atoms with van der Waals surface area (Å²) in [6, 6.07) is 3.76. The second kappa shape index (κ2) is 4.82. The first-order valence-corrected chi connectivity index (χ1v) is 5.35. The van der Waals surface area contributed by atoms with Crippen LogP contribution in [0.15, 0.2) is 18.3 Å². The molecule has 1 heterocycles. The number of aromatic nitrogens is 1. The maximum Gasteiger partial charge on any atom is 0.128 e. The molecule has 0 saturated heterocycles. The van der Waals surface area contributed by atoms with Crippen LogP contribution in [0.5, 0.6) is 0 Å². The fourth-order valence-corrected chi connectivity index (χ4v) is 1.61. The Labute approximate surface area is 92.0 Å². The Morgan fingerprint density at radius 1 is 1.62 bits per heavy atom. The van der Waals surface area contributed by atoms with Crippen molar-refractivity contribution in [2.24, 2.45) is 0 Å². The lowest BCUT2D eigenvalue weighted by atomic mass is 10.4. The molecule has 72 valence electrons. The summed E-state index contributed by atoms with van der Waals surface area (Å²) < 4.78 is 0. The van der Waals surface area contributed by atoms with E-state index in [-0.39, 0.29) is 0 Å². The van der Waals surface area contributed by atoms with Gasteiger partial charge in [0, 0.05) is 24.6 Å². The summed E-state index contributed by atoms with van der Waals surface area (Å²) >= 11 is 9.22. The maximum absolute atomic E-state index is 5.73. The van der Waals surface area contributed by atoms with E-state index in [1.54, 1.807) is 6.20 Å². The molecule has 0 bridgehead atoms. The summed E-state index contributed by atoms with van der Waals surface area (Å²) in [6.07, 6.45) is 1.66. The molecule has 0 aliphatic rings. The normalized spacial score (nSPS) is 12.6. The van der Waals surface area contributed by atoms with Gasteiger partial charge in [0.1, 0.15) is 5.82 Å². The molecule has 13 heavy (non-hydrogen) atoms. The summed E-state index contributed by atoms with van der Waals surface area (Å²) in [6.45, 7) is 3.03. The van der Waals surface area contributed by atoms with Crippen molar-refractivity contribution >= 4 is 33.3 Å². The average molecular weight is 264 g/mol. The zero-order chi connectivity index (χ0) is 9.84. The van der Waals surface area contributed by atoms with Crippen molar-refractivity contribution in [3.05, 3.63) is 23.4 Å². The summed E-state index contributed by atoms with van der Waals surface area (Å²) in [5.41, 5.74) is 0. The third kappa shape index (κ3) is 3.53. The lowest BCUT2D eigenvalue weighted by molar-refractivity contribution is 0.861. The quantitative estimate of drug-likeness (QED) is 0.780. The largest absolute Gasteiger partial charge is 0.359 e. The maximum atomic E-state index is 5.73. The summed E-state index contributed by atoms with van der Waals surface area (Å²) in [5.74, 6) is 0.940. The Morgan fingerprint density at radius 2 is 2.31 bits per heavy atom. The van der Waals surface area contributed by atoms with Gasteiger partial charge in [-0.15, -0.1) is 0 Å². The van der Waals surface area contributed by atoms with E-state index in [1.165, 1.54) is 0 Å². The van der Waals surface area contributed by atoms with E-state index in [0.717, 1.165) is 12.4 Å². The molecule has 0 saturated carbocycles. The van der Waals surface area contributed by atoms with Crippen LogP contribution >= 0.6 is 27.5 Å². The molecular formula is C9H12BrClN2. The number of anilines is 1. The first kappa shape index (κ1) is 10.8. The molecule has 0 N–H and O–H groups in total. The van der Waals surface area contributed by atoms with Gasteiger partial charge in [-0.05, 0) is 12.1 Å². The van der Waals surface area contributed by atoms with Crippen LogP contribution in [-0.4, -0.2) is 23.4 Å². The standard InChI is InChI=1S/C9H12BrClN2/c1-7(10)6-13(2)9-4-3-8(11)5-12-9/h3-5,7H,6H2,1-2H3. The molecule has 2 nitrogen and oxygen atoms in total. The Hall–Kier alpha value is -0.280. The minimum Gasteiger partial charge on any atom is -0.359 e. The van der Waals surface area contributed by atoms with Crippen LogP contribution in [0.1, 0.15) is 6.92 Å². The Kier molecular flexibility index (Phi) is 4.00. The van der Waals surface area contributed by atoms with E-state index < -0.39 is 0 Å². The van der Waals surface area contributed by atoms with Gasteiger partial charge in [-0.3, -0.25) is 0 Å². The predicted octanol–water partition coefficient (Wildman–Crippen LogP) is 2.95. The third-order valence-electron chi connectivity index (χ3n) is 1.63. The predicted molar refractivity (Wildman–Crippen MR) is 60.9 cm³/mol. The second-order valence-electron chi connectivity index (χ2n) is 3.00. The van der Waals surface area contributed by atoms with E-state index in [1.807, 2.05) is 19.2 Å². The van der Waals surface area contributed by atoms with Crippen LogP contribution in [0.2, 0.25) is 5.02 Å². The lowest BCUT2D eigenvalue weighted by Crippen LogP contribution is -2.24. The van der Waals surface area contributed by atoms with E-state index in [4.69, 9.17) is 11.6 Å². The van der Waals surface area contributed by atoms with Crippen molar-refractivity contribution in [2.75, 3.05) is 18.5 Å². The third-order valence-corrected chi connectivity index (χ3v) is 2.14. The van der Waals surface area contributed by atoms with Crippen LogP contribution in [-0.2, 0) is 0 Å². The first-order valence-electron chi connectivity index (χ1n) is 4.06. The molecule has 1 atom stereocenters. The highest BCUT2D eigenvalue weighted by atomic mass is 79.9. The van der Waals surface area contributed by atoms with Crippen molar-refractivity contribution in [1.82, 2.24) is 4.98 Å². The minimum atomic E-state index is 0.454. The molecule has 0 spiro atoms. The zero-order valence-corrected chi connectivity index (χ0v) is 10.0. The molecule has 1 rings (SSSR count). The topological polar surface area (TPSA) is 16.1 Å². The van der Waals surface area contributed by atoms with Gasteiger partial charge < -0.3 is 4.90 Å². The average Bonchev–Trinajstić information content (AvgIpc) is 2.04. The molecule has 0 amide bonds. The van der Waals surface area contributed by atoms with Crippen molar-refractivity contribution < 1.29 is 0 Å². The van der Waals surface area contributed by atoms with E-state index in [0.29, 0.717) is 9.85 Å². The fourth-order valence-electron chi connectivity index (χ4n) is 1.06. The van der Waals surface area contributed by atoms with Gasteiger partial charge in [-0.1, -0.05) is 34.5 Å². The zero-order valence-electron chi connectivity index (χ0n) is 7.67. The SMILES string of the molecule is CC(Br)CN(C)c1ccc(Cl)cn1. The van der Waals surface area contributed by atoms with Gasteiger partial charge >= 0.3 is 0 Å². The van der Waals surface area contributed by atoms with Crippen LogP contribution in [0, 0.1) is 0 Å². The molecule has 1 unspecified atom stereocenters. The van der Waals surface area contributed by atoms with Gasteiger partial charge in [0.25, 0.3) is 0 Å².